The van der Waals surface area contributed by atoms with E-state index in [9.17, 15) is 4.79 Å². The maximum atomic E-state index is 12.3. The molecule has 24 heavy (non-hydrogen) atoms. The van der Waals surface area contributed by atoms with E-state index in [1.54, 1.807) is 0 Å². The molecular weight excluding hydrogens is 304 g/mol. The molecule has 0 N–H and O–H groups in total. The highest BCUT2D eigenvalue weighted by Crippen LogP contribution is 2.53. The van der Waals surface area contributed by atoms with E-state index in [1.807, 2.05) is 0 Å². The third kappa shape index (κ3) is 2.84. The van der Waals surface area contributed by atoms with Gasteiger partial charge in [0, 0.05) is 12.3 Å². The number of fused-ring (bicyclic) bond motifs is 3. The summed E-state index contributed by atoms with van der Waals surface area (Å²) in [4.78, 5) is 12.3. The molecule has 0 aromatic heterocycles. The lowest BCUT2D eigenvalue weighted by Crippen LogP contribution is -2.31. The summed E-state index contributed by atoms with van der Waals surface area (Å²) < 4.78 is 17.4. The monoisotopic (exact) mass is 332 g/mol. The van der Waals surface area contributed by atoms with Gasteiger partial charge >= 0.3 is 5.97 Å². The minimum absolute atomic E-state index is 0.0436. The highest BCUT2D eigenvalue weighted by molar-refractivity contribution is 5.85. The molecule has 1 spiro atoms. The predicted octanol–water partition coefficient (Wildman–Crippen LogP) is 3.70. The van der Waals surface area contributed by atoms with Gasteiger partial charge in [-0.05, 0) is 52.9 Å². The molecule has 4 aliphatic rings. The van der Waals surface area contributed by atoms with E-state index >= 15 is 0 Å². The lowest BCUT2D eigenvalue weighted by molar-refractivity contribution is -0.145. The van der Waals surface area contributed by atoms with Crippen LogP contribution < -0.4 is 0 Å². The van der Waals surface area contributed by atoms with Gasteiger partial charge in [0.05, 0.1) is 18.3 Å². The average molecular weight is 332 g/mol. The van der Waals surface area contributed by atoms with Gasteiger partial charge in [0.2, 0.25) is 0 Å². The van der Waals surface area contributed by atoms with Gasteiger partial charge in [-0.1, -0.05) is 23.3 Å². The highest BCUT2D eigenvalue weighted by atomic mass is 16.7. The quantitative estimate of drug-likeness (QED) is 0.385. The average Bonchev–Trinajstić information content (AvgIpc) is 3.39. The zero-order valence-electron chi connectivity index (χ0n) is 15.0. The van der Waals surface area contributed by atoms with Crippen LogP contribution in [-0.2, 0) is 19.0 Å². The van der Waals surface area contributed by atoms with E-state index in [4.69, 9.17) is 14.2 Å². The molecule has 0 radical (unpaired) electrons. The number of epoxide rings is 2. The Balaban J connectivity index is 1.56. The number of rotatable bonds is 0. The van der Waals surface area contributed by atoms with Crippen molar-refractivity contribution < 1.29 is 19.0 Å². The zero-order valence-corrected chi connectivity index (χ0v) is 15.0. The van der Waals surface area contributed by atoms with Crippen LogP contribution in [0.25, 0.3) is 0 Å². The Morgan fingerprint density at radius 2 is 1.92 bits per heavy atom. The lowest BCUT2D eigenvalue weighted by Gasteiger charge is -2.19. The van der Waals surface area contributed by atoms with Gasteiger partial charge in [0.25, 0.3) is 0 Å². The molecule has 0 aromatic rings. The number of carbonyl (C=O) groups excluding carboxylic acids is 1. The second-order valence-electron chi connectivity index (χ2n) is 8.27. The fraction of sp³-hybridized carbons (Fsp3) is 0.750. The Morgan fingerprint density at radius 1 is 1.17 bits per heavy atom. The molecule has 3 fully saturated rings. The van der Waals surface area contributed by atoms with Gasteiger partial charge in [-0.2, -0.15) is 0 Å². The number of esters is 1. The summed E-state index contributed by atoms with van der Waals surface area (Å²) in [6.07, 6.45) is 10.7. The van der Waals surface area contributed by atoms with Crippen molar-refractivity contribution in [3.63, 3.8) is 0 Å². The van der Waals surface area contributed by atoms with Crippen LogP contribution in [0, 0.1) is 5.92 Å². The van der Waals surface area contributed by atoms with Gasteiger partial charge in [-0.25, -0.2) is 4.79 Å². The summed E-state index contributed by atoms with van der Waals surface area (Å²) in [5.74, 6) is -0.0325. The van der Waals surface area contributed by atoms with E-state index in [0.29, 0.717) is 6.61 Å². The van der Waals surface area contributed by atoms with Crippen molar-refractivity contribution in [3.8, 4) is 0 Å². The van der Waals surface area contributed by atoms with Crippen molar-refractivity contribution in [2.24, 2.45) is 5.92 Å². The van der Waals surface area contributed by atoms with Gasteiger partial charge < -0.3 is 14.2 Å². The van der Waals surface area contributed by atoms with Crippen molar-refractivity contribution >= 4 is 5.97 Å². The Kier molecular flexibility index (Phi) is 3.88. The first-order chi connectivity index (χ1) is 11.4. The first-order valence-corrected chi connectivity index (χ1v) is 9.27. The predicted molar refractivity (Wildman–Crippen MR) is 90.5 cm³/mol. The summed E-state index contributed by atoms with van der Waals surface area (Å²) in [5.41, 5.74) is 2.05. The number of hydrogen-bond acceptors (Lipinski definition) is 4. The van der Waals surface area contributed by atoms with Crippen molar-refractivity contribution in [2.45, 2.75) is 82.7 Å². The third-order valence-electron chi connectivity index (χ3n) is 6.30. The summed E-state index contributed by atoms with van der Waals surface area (Å²) >= 11 is 0. The first kappa shape index (κ1) is 16.3. The number of carbonyl (C=O) groups is 1. The standard InChI is InChI=1S/C20H28O4/c1-13-6-4-7-14(2)10-16-15(20(12-22-20)18(21)23-16)11-17-19(3,24-17)9-5-8-13/h7-8,15-17H,4-6,9-12H2,1-3H3/t15-,16+,17-,19-,20+/m1/s1. The summed E-state index contributed by atoms with van der Waals surface area (Å²) in [6, 6.07) is 0. The summed E-state index contributed by atoms with van der Waals surface area (Å²) in [5, 5.41) is 0. The van der Waals surface area contributed by atoms with Crippen LogP contribution in [0.5, 0.6) is 0 Å². The lowest BCUT2D eigenvalue weighted by atomic mass is 9.81. The van der Waals surface area contributed by atoms with E-state index in [2.05, 4.69) is 32.9 Å². The molecule has 1 aliphatic carbocycles. The first-order valence-electron chi connectivity index (χ1n) is 9.27. The van der Waals surface area contributed by atoms with Crippen LogP contribution >= 0.6 is 0 Å². The summed E-state index contributed by atoms with van der Waals surface area (Å²) in [6.45, 7) is 7.07. The fourth-order valence-electron chi connectivity index (χ4n) is 4.40. The molecule has 4 rings (SSSR count). The van der Waals surface area contributed by atoms with Gasteiger partial charge in [-0.3, -0.25) is 0 Å². The smallest absolute Gasteiger partial charge is 0.341 e. The number of allylic oxidation sites excluding steroid dienone is 3. The molecule has 0 saturated carbocycles. The van der Waals surface area contributed by atoms with Crippen molar-refractivity contribution in [1.82, 2.24) is 0 Å². The normalized spacial score (nSPS) is 45.5. The van der Waals surface area contributed by atoms with Crippen molar-refractivity contribution in [3.05, 3.63) is 23.3 Å². The van der Waals surface area contributed by atoms with E-state index in [-0.39, 0.29) is 29.7 Å². The highest BCUT2D eigenvalue weighted by Gasteiger charge is 2.69. The van der Waals surface area contributed by atoms with Gasteiger partial charge in [0.1, 0.15) is 6.10 Å². The molecule has 3 saturated heterocycles. The minimum Gasteiger partial charge on any atom is -0.459 e. The molecule has 3 aliphatic heterocycles. The largest absolute Gasteiger partial charge is 0.459 e. The van der Waals surface area contributed by atoms with Crippen LogP contribution in [0.3, 0.4) is 0 Å². The third-order valence-corrected chi connectivity index (χ3v) is 6.30. The number of hydrogen-bond donors (Lipinski definition) is 0. The van der Waals surface area contributed by atoms with Crippen molar-refractivity contribution in [1.29, 1.82) is 0 Å². The minimum atomic E-state index is -0.661. The van der Waals surface area contributed by atoms with Gasteiger partial charge in [0.15, 0.2) is 5.60 Å². The number of ether oxygens (including phenoxy) is 3. The Hall–Kier alpha value is -1.13. The molecular formula is C20H28O4. The molecule has 0 amide bonds. The second kappa shape index (κ2) is 5.70. The molecule has 132 valence electrons. The zero-order chi connectivity index (χ0) is 16.9. The summed E-state index contributed by atoms with van der Waals surface area (Å²) in [7, 11) is 0. The van der Waals surface area contributed by atoms with Crippen LogP contribution in [-0.4, -0.2) is 36.0 Å². The fourth-order valence-corrected chi connectivity index (χ4v) is 4.40. The maximum Gasteiger partial charge on any atom is 0.341 e. The van der Waals surface area contributed by atoms with E-state index < -0.39 is 5.60 Å². The molecule has 0 bridgehead atoms. The molecule has 0 unspecified atom stereocenters. The Bertz CT molecular complexity index is 601. The molecule has 3 heterocycles. The SMILES string of the molecule is CC1=CCC[C@@]2(C)O[C@@H]2C[C@@H]2[C@H](CC(C)=CCC1)OC(=O)[C@]21CO1. The Labute approximate surface area is 144 Å². The van der Waals surface area contributed by atoms with E-state index in [1.165, 1.54) is 11.1 Å². The molecule has 0 aromatic carbocycles. The van der Waals surface area contributed by atoms with Crippen molar-refractivity contribution in [2.75, 3.05) is 6.61 Å². The Morgan fingerprint density at radius 3 is 2.67 bits per heavy atom. The van der Waals surface area contributed by atoms with Crippen LogP contribution in [0.2, 0.25) is 0 Å². The topological polar surface area (TPSA) is 51.4 Å². The second-order valence-corrected chi connectivity index (χ2v) is 8.27. The molecule has 5 atom stereocenters. The molecule has 4 heteroatoms. The van der Waals surface area contributed by atoms with Crippen LogP contribution in [0.15, 0.2) is 23.3 Å². The van der Waals surface area contributed by atoms with E-state index in [0.717, 1.165) is 38.5 Å². The van der Waals surface area contributed by atoms with Gasteiger partial charge in [-0.15, -0.1) is 0 Å². The maximum absolute atomic E-state index is 12.3. The van der Waals surface area contributed by atoms with Crippen LogP contribution in [0.1, 0.15) is 59.3 Å². The van der Waals surface area contributed by atoms with Crippen LogP contribution in [0.4, 0.5) is 0 Å². The molecule has 4 nitrogen and oxygen atoms in total.